The third-order valence-corrected chi connectivity index (χ3v) is 3.69. The first-order valence-corrected chi connectivity index (χ1v) is 7.63. The fourth-order valence-corrected chi connectivity index (χ4v) is 2.50. The lowest BCUT2D eigenvalue weighted by Crippen LogP contribution is -2.39. The van der Waals surface area contributed by atoms with Crippen LogP contribution in [0.2, 0.25) is 0 Å². The smallest absolute Gasteiger partial charge is 0.330 e. The van der Waals surface area contributed by atoms with Crippen molar-refractivity contribution in [2.75, 3.05) is 13.1 Å². The van der Waals surface area contributed by atoms with Crippen molar-refractivity contribution in [3.05, 3.63) is 53.1 Å². The molecule has 0 fully saturated rings. The van der Waals surface area contributed by atoms with Gasteiger partial charge in [0.15, 0.2) is 0 Å². The molecule has 1 heterocycles. The summed E-state index contributed by atoms with van der Waals surface area (Å²) >= 11 is 0. The lowest BCUT2D eigenvalue weighted by atomic mass is 10.1. The SMILES string of the molecule is C=CCN(CC(F)(F)F)C(=O)CCn1cnc2c(C)cccc2c1=O. The van der Waals surface area contributed by atoms with Crippen LogP contribution in [-0.2, 0) is 11.3 Å². The minimum Gasteiger partial charge on any atom is -0.330 e. The van der Waals surface area contributed by atoms with Gasteiger partial charge in [0, 0.05) is 19.5 Å². The Morgan fingerprint density at radius 2 is 2.12 bits per heavy atom. The van der Waals surface area contributed by atoms with Gasteiger partial charge in [0.1, 0.15) is 6.54 Å². The summed E-state index contributed by atoms with van der Waals surface area (Å²) in [7, 11) is 0. The molecule has 0 atom stereocenters. The number of carbonyl (C=O) groups is 1. The molecular weight excluding hydrogens is 335 g/mol. The topological polar surface area (TPSA) is 55.2 Å². The third-order valence-electron chi connectivity index (χ3n) is 3.69. The van der Waals surface area contributed by atoms with Crippen LogP contribution in [0.1, 0.15) is 12.0 Å². The monoisotopic (exact) mass is 353 g/mol. The van der Waals surface area contributed by atoms with Gasteiger partial charge in [0.05, 0.1) is 17.2 Å². The van der Waals surface area contributed by atoms with E-state index in [1.54, 1.807) is 12.1 Å². The summed E-state index contributed by atoms with van der Waals surface area (Å²) in [6, 6.07) is 5.18. The third kappa shape index (κ3) is 4.68. The van der Waals surface area contributed by atoms with E-state index in [0.29, 0.717) is 15.8 Å². The second-order valence-electron chi connectivity index (χ2n) is 5.64. The zero-order valence-corrected chi connectivity index (χ0v) is 13.7. The standard InChI is InChI=1S/C17H18F3N3O2/c1-3-8-22(10-17(18,19)20)14(24)7-9-23-11-21-15-12(2)5-4-6-13(15)16(23)25/h3-6,11H,1,7-10H2,2H3. The first kappa shape index (κ1) is 18.7. The highest BCUT2D eigenvalue weighted by Crippen LogP contribution is 2.17. The van der Waals surface area contributed by atoms with Gasteiger partial charge in [-0.15, -0.1) is 6.58 Å². The van der Waals surface area contributed by atoms with Gasteiger partial charge in [-0.1, -0.05) is 18.2 Å². The van der Waals surface area contributed by atoms with E-state index in [-0.39, 0.29) is 25.1 Å². The molecule has 0 aliphatic heterocycles. The van der Waals surface area contributed by atoms with Gasteiger partial charge >= 0.3 is 6.18 Å². The molecule has 25 heavy (non-hydrogen) atoms. The molecule has 0 saturated carbocycles. The molecule has 0 radical (unpaired) electrons. The van der Waals surface area contributed by atoms with Crippen molar-refractivity contribution in [2.24, 2.45) is 0 Å². The molecule has 1 aromatic heterocycles. The van der Waals surface area contributed by atoms with Gasteiger partial charge in [0.2, 0.25) is 5.91 Å². The number of carbonyl (C=O) groups excluding carboxylic acids is 1. The minimum absolute atomic E-state index is 0.0416. The van der Waals surface area contributed by atoms with Gasteiger partial charge in [0.25, 0.3) is 5.56 Å². The number of aromatic nitrogens is 2. The van der Waals surface area contributed by atoms with E-state index in [4.69, 9.17) is 0 Å². The molecule has 0 unspecified atom stereocenters. The Morgan fingerprint density at radius 1 is 1.40 bits per heavy atom. The molecule has 0 spiro atoms. The number of rotatable bonds is 6. The Balaban J connectivity index is 2.16. The summed E-state index contributed by atoms with van der Waals surface area (Å²) in [6.45, 7) is 3.59. The van der Waals surface area contributed by atoms with Gasteiger partial charge in [-0.2, -0.15) is 13.2 Å². The Morgan fingerprint density at radius 3 is 2.76 bits per heavy atom. The maximum atomic E-state index is 12.5. The first-order chi connectivity index (χ1) is 11.7. The van der Waals surface area contributed by atoms with Crippen LogP contribution in [0.3, 0.4) is 0 Å². The highest BCUT2D eigenvalue weighted by molar-refractivity contribution is 5.80. The van der Waals surface area contributed by atoms with Gasteiger partial charge in [-0.05, 0) is 18.6 Å². The van der Waals surface area contributed by atoms with E-state index < -0.39 is 18.6 Å². The molecule has 8 heteroatoms. The number of hydrogen-bond donors (Lipinski definition) is 0. The highest BCUT2D eigenvalue weighted by atomic mass is 19.4. The van der Waals surface area contributed by atoms with E-state index in [1.165, 1.54) is 17.0 Å². The summed E-state index contributed by atoms with van der Waals surface area (Å²) in [5, 5.41) is 0.410. The van der Waals surface area contributed by atoms with Crippen LogP contribution in [-0.4, -0.2) is 39.6 Å². The van der Waals surface area contributed by atoms with Crippen LogP contribution in [0.15, 0.2) is 42.0 Å². The fraction of sp³-hybridized carbons (Fsp3) is 0.353. The molecular formula is C17H18F3N3O2. The van der Waals surface area contributed by atoms with E-state index in [9.17, 15) is 22.8 Å². The zero-order chi connectivity index (χ0) is 18.6. The second-order valence-corrected chi connectivity index (χ2v) is 5.64. The molecule has 0 bridgehead atoms. The predicted octanol–water partition coefficient (Wildman–Crippen LogP) is 2.67. The van der Waals surface area contributed by atoms with Crippen LogP contribution in [0.25, 0.3) is 10.9 Å². The van der Waals surface area contributed by atoms with E-state index in [0.717, 1.165) is 5.56 Å². The van der Waals surface area contributed by atoms with E-state index in [1.807, 2.05) is 13.0 Å². The fourth-order valence-electron chi connectivity index (χ4n) is 2.50. The van der Waals surface area contributed by atoms with Crippen LogP contribution < -0.4 is 5.56 Å². The van der Waals surface area contributed by atoms with Crippen LogP contribution in [0.4, 0.5) is 13.2 Å². The summed E-state index contributed by atoms with van der Waals surface area (Å²) in [4.78, 5) is 29.3. The van der Waals surface area contributed by atoms with Gasteiger partial charge in [-0.3, -0.25) is 14.2 Å². The van der Waals surface area contributed by atoms with E-state index >= 15 is 0 Å². The van der Waals surface area contributed by atoms with Crippen molar-refractivity contribution in [2.45, 2.75) is 26.1 Å². The van der Waals surface area contributed by atoms with Crippen molar-refractivity contribution in [3.63, 3.8) is 0 Å². The molecule has 1 aromatic carbocycles. The second kappa shape index (κ2) is 7.50. The number of amides is 1. The minimum atomic E-state index is -4.49. The normalized spacial score (nSPS) is 11.5. The molecule has 1 amide bonds. The zero-order valence-electron chi connectivity index (χ0n) is 13.7. The number of benzene rings is 1. The molecule has 134 valence electrons. The van der Waals surface area contributed by atoms with Crippen molar-refractivity contribution >= 4 is 16.8 Å². The Labute approximate surface area is 142 Å². The molecule has 0 aliphatic rings. The molecule has 0 N–H and O–H groups in total. The van der Waals surface area contributed by atoms with Crippen LogP contribution in [0, 0.1) is 6.92 Å². The molecule has 0 aliphatic carbocycles. The van der Waals surface area contributed by atoms with Gasteiger partial charge < -0.3 is 4.90 Å². The number of para-hydroxylation sites is 1. The summed E-state index contributed by atoms with van der Waals surface area (Å²) in [5.41, 5.74) is 1.09. The lowest BCUT2D eigenvalue weighted by Gasteiger charge is -2.22. The first-order valence-electron chi connectivity index (χ1n) is 7.63. The number of hydrogen-bond acceptors (Lipinski definition) is 3. The lowest BCUT2D eigenvalue weighted by molar-refractivity contribution is -0.160. The van der Waals surface area contributed by atoms with Gasteiger partial charge in [-0.25, -0.2) is 4.98 Å². The summed E-state index contributed by atoms with van der Waals surface area (Å²) < 4.78 is 38.8. The maximum Gasteiger partial charge on any atom is 0.406 e. The predicted molar refractivity (Wildman–Crippen MR) is 88.2 cm³/mol. The van der Waals surface area contributed by atoms with Crippen LogP contribution in [0.5, 0.6) is 0 Å². The number of alkyl halides is 3. The van der Waals surface area contributed by atoms with Crippen molar-refractivity contribution in [1.29, 1.82) is 0 Å². The summed E-state index contributed by atoms with van der Waals surface area (Å²) in [5.74, 6) is -0.700. The Kier molecular flexibility index (Phi) is 5.61. The van der Waals surface area contributed by atoms with Crippen molar-refractivity contribution < 1.29 is 18.0 Å². The van der Waals surface area contributed by atoms with Crippen LogP contribution >= 0.6 is 0 Å². The number of nitrogens with zero attached hydrogens (tertiary/aromatic N) is 3. The molecule has 2 rings (SSSR count). The Bertz CT molecular complexity index is 843. The van der Waals surface area contributed by atoms with E-state index in [2.05, 4.69) is 11.6 Å². The highest BCUT2D eigenvalue weighted by Gasteiger charge is 2.32. The number of aryl methyl sites for hydroxylation is 2. The molecule has 2 aromatic rings. The molecule has 0 saturated heterocycles. The Hall–Kier alpha value is -2.64. The number of fused-ring (bicyclic) bond motifs is 1. The largest absolute Gasteiger partial charge is 0.406 e. The average Bonchev–Trinajstić information content (AvgIpc) is 2.53. The van der Waals surface area contributed by atoms with Crippen molar-refractivity contribution in [3.8, 4) is 0 Å². The average molecular weight is 353 g/mol. The molecule has 5 nitrogen and oxygen atoms in total. The summed E-state index contributed by atoms with van der Waals surface area (Å²) in [6.07, 6.45) is -2.18. The maximum absolute atomic E-state index is 12.5. The number of halogens is 3. The van der Waals surface area contributed by atoms with Crippen molar-refractivity contribution in [1.82, 2.24) is 14.5 Å². The quantitative estimate of drug-likeness (QED) is 0.751.